The van der Waals surface area contributed by atoms with Crippen LogP contribution in [-0.4, -0.2) is 23.0 Å². The van der Waals surface area contributed by atoms with Gasteiger partial charge >= 0.3 is 0 Å². The average molecular weight is 273 g/mol. The molecule has 3 nitrogen and oxygen atoms in total. The summed E-state index contributed by atoms with van der Waals surface area (Å²) in [5, 5.41) is 4.74. The number of aromatic nitrogens is 1. The van der Waals surface area contributed by atoms with Crippen molar-refractivity contribution >= 4 is 34.0 Å². The Morgan fingerprint density at radius 1 is 1.26 bits per heavy atom. The molecule has 1 aromatic carbocycles. The third-order valence-corrected chi connectivity index (χ3v) is 4.74. The Bertz CT molecular complexity index is 564. The molecule has 2 aromatic rings. The molecule has 0 unspecified atom stereocenters. The molecule has 4 heteroatoms. The van der Waals surface area contributed by atoms with Crippen molar-refractivity contribution in [1.82, 2.24) is 4.98 Å². The first-order valence-electron chi connectivity index (χ1n) is 6.79. The summed E-state index contributed by atoms with van der Waals surface area (Å²) in [6.07, 6.45) is 4.50. The lowest BCUT2D eigenvalue weighted by Gasteiger charge is -2.22. The first-order valence-corrected chi connectivity index (χ1v) is 7.94. The van der Waals surface area contributed by atoms with Crippen molar-refractivity contribution in [2.45, 2.75) is 12.8 Å². The van der Waals surface area contributed by atoms with Crippen LogP contribution in [0.3, 0.4) is 0 Å². The molecule has 0 spiro atoms. The number of hydrogen-bond acceptors (Lipinski definition) is 4. The fraction of sp³-hybridized carbons (Fsp3) is 0.400. The van der Waals surface area contributed by atoms with Crippen molar-refractivity contribution in [1.29, 1.82) is 0 Å². The van der Waals surface area contributed by atoms with E-state index in [1.165, 1.54) is 30.0 Å². The van der Waals surface area contributed by atoms with Gasteiger partial charge in [0.05, 0.1) is 5.52 Å². The largest absolute Gasteiger partial charge is 0.399 e. The van der Waals surface area contributed by atoms with Crippen LogP contribution < -0.4 is 11.1 Å². The standard InChI is InChI=1S/C15H19N3S/c16-12-1-2-13-14(3-6-17-15(13)9-12)18-10-11-4-7-19-8-5-11/h1-3,6,9,11H,4-5,7-8,10,16H2,(H,17,18). The van der Waals surface area contributed by atoms with E-state index in [2.05, 4.69) is 34.2 Å². The van der Waals surface area contributed by atoms with Gasteiger partial charge in [0.2, 0.25) is 0 Å². The fourth-order valence-electron chi connectivity index (χ4n) is 2.52. The Hall–Kier alpha value is -1.42. The molecule has 0 aliphatic carbocycles. The van der Waals surface area contributed by atoms with Crippen LogP contribution >= 0.6 is 11.8 Å². The Labute approximate surface area is 118 Å². The summed E-state index contributed by atoms with van der Waals surface area (Å²) in [4.78, 5) is 4.37. The van der Waals surface area contributed by atoms with Gasteiger partial charge < -0.3 is 11.1 Å². The van der Waals surface area contributed by atoms with E-state index < -0.39 is 0 Å². The molecule has 3 rings (SSSR count). The number of nitrogens with two attached hydrogens (primary N) is 1. The lowest BCUT2D eigenvalue weighted by atomic mass is 10.0. The van der Waals surface area contributed by atoms with E-state index in [-0.39, 0.29) is 0 Å². The molecule has 1 aliphatic heterocycles. The molecule has 0 amide bonds. The molecule has 2 heterocycles. The topological polar surface area (TPSA) is 50.9 Å². The number of benzene rings is 1. The summed E-state index contributed by atoms with van der Waals surface area (Å²) in [5.74, 6) is 3.41. The first-order chi connectivity index (χ1) is 9.33. The van der Waals surface area contributed by atoms with Crippen LogP contribution in [0.2, 0.25) is 0 Å². The number of nitrogens with zero attached hydrogens (tertiary/aromatic N) is 1. The van der Waals surface area contributed by atoms with Crippen LogP contribution in [0.5, 0.6) is 0 Å². The van der Waals surface area contributed by atoms with Gasteiger partial charge in [-0.1, -0.05) is 0 Å². The molecular weight excluding hydrogens is 254 g/mol. The van der Waals surface area contributed by atoms with Crippen LogP contribution in [0.25, 0.3) is 10.9 Å². The quantitative estimate of drug-likeness (QED) is 0.842. The van der Waals surface area contributed by atoms with Crippen molar-refractivity contribution in [3.8, 4) is 0 Å². The molecule has 3 N–H and O–H groups in total. The summed E-state index contributed by atoms with van der Waals surface area (Å²) in [7, 11) is 0. The predicted octanol–water partition coefficient (Wildman–Crippen LogP) is 3.37. The smallest absolute Gasteiger partial charge is 0.0743 e. The summed E-state index contributed by atoms with van der Waals surface area (Å²) in [6.45, 7) is 1.06. The van der Waals surface area contributed by atoms with E-state index in [4.69, 9.17) is 5.73 Å². The third-order valence-electron chi connectivity index (χ3n) is 3.69. The number of pyridine rings is 1. The van der Waals surface area contributed by atoms with Crippen LogP contribution in [0.4, 0.5) is 11.4 Å². The minimum absolute atomic E-state index is 0.765. The molecule has 0 radical (unpaired) electrons. The number of fused-ring (bicyclic) bond motifs is 1. The SMILES string of the molecule is Nc1ccc2c(NCC3CCSCC3)ccnc2c1. The zero-order chi connectivity index (χ0) is 13.1. The van der Waals surface area contributed by atoms with E-state index in [9.17, 15) is 0 Å². The van der Waals surface area contributed by atoms with Crippen LogP contribution in [-0.2, 0) is 0 Å². The maximum atomic E-state index is 5.80. The number of anilines is 2. The number of nitrogen functional groups attached to an aromatic ring is 1. The van der Waals surface area contributed by atoms with Gasteiger partial charge in [0.1, 0.15) is 0 Å². The number of nitrogens with one attached hydrogen (secondary N) is 1. The first kappa shape index (κ1) is 12.6. The van der Waals surface area contributed by atoms with Crippen LogP contribution in [0, 0.1) is 5.92 Å². The number of rotatable bonds is 3. The maximum Gasteiger partial charge on any atom is 0.0743 e. The fourth-order valence-corrected chi connectivity index (χ4v) is 3.73. The number of thioether (sulfide) groups is 1. The van der Waals surface area contributed by atoms with E-state index in [0.717, 1.165) is 29.1 Å². The van der Waals surface area contributed by atoms with Crippen molar-refractivity contribution in [2.75, 3.05) is 29.1 Å². The summed E-state index contributed by atoms with van der Waals surface area (Å²) in [5.41, 5.74) is 8.70. The second-order valence-electron chi connectivity index (χ2n) is 5.07. The monoisotopic (exact) mass is 273 g/mol. The molecule has 0 atom stereocenters. The predicted molar refractivity (Wildman–Crippen MR) is 84.7 cm³/mol. The third kappa shape index (κ3) is 2.95. The Balaban J connectivity index is 1.76. The van der Waals surface area contributed by atoms with Crippen molar-refractivity contribution in [3.05, 3.63) is 30.5 Å². The highest BCUT2D eigenvalue weighted by Crippen LogP contribution is 2.26. The van der Waals surface area contributed by atoms with Gasteiger partial charge in [-0.2, -0.15) is 11.8 Å². The average Bonchev–Trinajstić information content (AvgIpc) is 2.45. The van der Waals surface area contributed by atoms with E-state index in [0.29, 0.717) is 0 Å². The van der Waals surface area contributed by atoms with Gasteiger partial charge in [-0.25, -0.2) is 0 Å². The normalized spacial score (nSPS) is 16.6. The van der Waals surface area contributed by atoms with Gasteiger partial charge in [0.15, 0.2) is 0 Å². The zero-order valence-electron chi connectivity index (χ0n) is 10.9. The minimum Gasteiger partial charge on any atom is -0.399 e. The highest BCUT2D eigenvalue weighted by molar-refractivity contribution is 7.99. The molecule has 1 saturated heterocycles. The maximum absolute atomic E-state index is 5.80. The second-order valence-corrected chi connectivity index (χ2v) is 6.30. The van der Waals surface area contributed by atoms with Gasteiger partial charge in [-0.05, 0) is 54.5 Å². The van der Waals surface area contributed by atoms with E-state index in [1.807, 2.05) is 18.3 Å². The van der Waals surface area contributed by atoms with Crippen molar-refractivity contribution in [3.63, 3.8) is 0 Å². The molecule has 0 saturated carbocycles. The molecule has 1 aromatic heterocycles. The summed E-state index contributed by atoms with van der Waals surface area (Å²) >= 11 is 2.07. The minimum atomic E-state index is 0.765. The van der Waals surface area contributed by atoms with Crippen molar-refractivity contribution in [2.24, 2.45) is 5.92 Å². The zero-order valence-corrected chi connectivity index (χ0v) is 11.7. The highest BCUT2D eigenvalue weighted by atomic mass is 32.2. The van der Waals surface area contributed by atoms with Gasteiger partial charge in [-0.3, -0.25) is 4.98 Å². The molecule has 100 valence electrons. The molecule has 19 heavy (non-hydrogen) atoms. The lowest BCUT2D eigenvalue weighted by molar-refractivity contribution is 0.516. The Kier molecular flexibility index (Phi) is 3.78. The van der Waals surface area contributed by atoms with Crippen molar-refractivity contribution < 1.29 is 0 Å². The Morgan fingerprint density at radius 2 is 2.11 bits per heavy atom. The second kappa shape index (κ2) is 5.70. The molecular formula is C15H19N3S. The van der Waals surface area contributed by atoms with Crippen LogP contribution in [0.15, 0.2) is 30.5 Å². The lowest BCUT2D eigenvalue weighted by Crippen LogP contribution is -2.19. The molecule has 1 aliphatic rings. The molecule has 1 fully saturated rings. The molecule has 0 bridgehead atoms. The van der Waals surface area contributed by atoms with Crippen LogP contribution in [0.1, 0.15) is 12.8 Å². The van der Waals surface area contributed by atoms with E-state index >= 15 is 0 Å². The summed E-state index contributed by atoms with van der Waals surface area (Å²) < 4.78 is 0. The Morgan fingerprint density at radius 3 is 2.95 bits per heavy atom. The van der Waals surface area contributed by atoms with E-state index in [1.54, 1.807) is 0 Å². The van der Waals surface area contributed by atoms with Gasteiger partial charge in [0, 0.05) is 29.5 Å². The van der Waals surface area contributed by atoms with Gasteiger partial charge in [0.25, 0.3) is 0 Å². The van der Waals surface area contributed by atoms with Gasteiger partial charge in [-0.15, -0.1) is 0 Å². The summed E-state index contributed by atoms with van der Waals surface area (Å²) in [6, 6.07) is 7.97. The highest BCUT2D eigenvalue weighted by Gasteiger charge is 2.13. The number of hydrogen-bond donors (Lipinski definition) is 2.